The van der Waals surface area contributed by atoms with Crippen LogP contribution in [0, 0.1) is 12.7 Å². The van der Waals surface area contributed by atoms with Gasteiger partial charge in [0.2, 0.25) is 5.91 Å². The fourth-order valence-electron chi connectivity index (χ4n) is 2.61. The number of fused-ring (bicyclic) bond motifs is 1. The summed E-state index contributed by atoms with van der Waals surface area (Å²) in [6.45, 7) is 2.13. The quantitative estimate of drug-likeness (QED) is 0.771. The van der Waals surface area contributed by atoms with Crippen LogP contribution in [0.1, 0.15) is 16.7 Å². The number of amides is 1. The van der Waals surface area contributed by atoms with E-state index in [2.05, 4.69) is 11.4 Å². The zero-order valence-electron chi connectivity index (χ0n) is 13.0. The third kappa shape index (κ3) is 3.75. The number of rotatable bonds is 4. The predicted molar refractivity (Wildman–Crippen MR) is 90.6 cm³/mol. The molecule has 116 valence electrons. The molecule has 3 heteroatoms. The van der Waals surface area contributed by atoms with Crippen molar-refractivity contribution in [2.24, 2.45) is 0 Å². The van der Waals surface area contributed by atoms with Crippen molar-refractivity contribution in [1.82, 2.24) is 5.32 Å². The first kappa shape index (κ1) is 15.2. The normalized spacial score (nSPS) is 10.7. The van der Waals surface area contributed by atoms with Gasteiger partial charge in [-0.3, -0.25) is 4.79 Å². The van der Waals surface area contributed by atoms with Crippen molar-refractivity contribution in [2.45, 2.75) is 19.9 Å². The Bertz CT molecular complexity index is 857. The van der Waals surface area contributed by atoms with Gasteiger partial charge < -0.3 is 5.32 Å². The molecule has 0 fully saturated rings. The van der Waals surface area contributed by atoms with E-state index in [1.807, 2.05) is 36.4 Å². The van der Waals surface area contributed by atoms with E-state index in [0.717, 1.165) is 16.5 Å². The summed E-state index contributed by atoms with van der Waals surface area (Å²) in [7, 11) is 0. The maximum absolute atomic E-state index is 13.2. The monoisotopic (exact) mass is 307 g/mol. The first-order chi connectivity index (χ1) is 11.1. The van der Waals surface area contributed by atoms with Gasteiger partial charge in [0, 0.05) is 6.54 Å². The largest absolute Gasteiger partial charge is 0.352 e. The van der Waals surface area contributed by atoms with Crippen LogP contribution in [-0.4, -0.2) is 5.91 Å². The molecule has 0 saturated carbocycles. The predicted octanol–water partition coefficient (Wildman–Crippen LogP) is 4.15. The van der Waals surface area contributed by atoms with Gasteiger partial charge in [0.05, 0.1) is 6.42 Å². The minimum Gasteiger partial charge on any atom is -0.352 e. The molecule has 0 atom stereocenters. The first-order valence-electron chi connectivity index (χ1n) is 7.61. The Morgan fingerprint density at radius 2 is 1.70 bits per heavy atom. The Hall–Kier alpha value is -2.68. The third-order valence-corrected chi connectivity index (χ3v) is 3.89. The molecule has 3 aromatic rings. The highest BCUT2D eigenvalue weighted by molar-refractivity contribution is 5.85. The first-order valence-corrected chi connectivity index (χ1v) is 7.61. The Kier molecular flexibility index (Phi) is 4.38. The number of hydrogen-bond donors (Lipinski definition) is 1. The van der Waals surface area contributed by atoms with Gasteiger partial charge in [-0.15, -0.1) is 0 Å². The average Bonchev–Trinajstić information content (AvgIpc) is 2.56. The number of benzene rings is 3. The molecule has 0 aliphatic rings. The second-order valence-corrected chi connectivity index (χ2v) is 5.72. The second-order valence-electron chi connectivity index (χ2n) is 5.72. The molecular weight excluding hydrogens is 289 g/mol. The van der Waals surface area contributed by atoms with Crippen LogP contribution in [0.3, 0.4) is 0 Å². The van der Waals surface area contributed by atoms with Crippen molar-refractivity contribution >= 4 is 16.7 Å². The molecule has 0 heterocycles. The lowest BCUT2D eigenvalue weighted by molar-refractivity contribution is -0.120. The third-order valence-electron chi connectivity index (χ3n) is 3.89. The van der Waals surface area contributed by atoms with Gasteiger partial charge in [-0.1, -0.05) is 54.6 Å². The fraction of sp³-hybridized carbons (Fsp3) is 0.150. The summed E-state index contributed by atoms with van der Waals surface area (Å²) in [6.07, 6.45) is 0.338. The maximum atomic E-state index is 13.2. The molecule has 23 heavy (non-hydrogen) atoms. The highest BCUT2D eigenvalue weighted by Gasteiger charge is 2.05. The van der Waals surface area contributed by atoms with Gasteiger partial charge in [0.25, 0.3) is 0 Å². The molecule has 2 nitrogen and oxygen atoms in total. The Morgan fingerprint density at radius 3 is 2.48 bits per heavy atom. The summed E-state index contributed by atoms with van der Waals surface area (Å²) in [5.74, 6) is -0.265. The highest BCUT2D eigenvalue weighted by Crippen LogP contribution is 2.16. The molecule has 0 aliphatic carbocycles. The minimum absolute atomic E-state index is 0.0396. The lowest BCUT2D eigenvalue weighted by Gasteiger charge is -2.07. The Morgan fingerprint density at radius 1 is 0.957 bits per heavy atom. The summed E-state index contributed by atoms with van der Waals surface area (Å²) in [5, 5.41) is 5.18. The van der Waals surface area contributed by atoms with Crippen molar-refractivity contribution in [3.63, 3.8) is 0 Å². The van der Waals surface area contributed by atoms with Gasteiger partial charge >= 0.3 is 0 Å². The lowest BCUT2D eigenvalue weighted by atomic mass is 10.0. The van der Waals surface area contributed by atoms with Crippen molar-refractivity contribution in [3.05, 3.63) is 83.2 Å². The van der Waals surface area contributed by atoms with E-state index in [-0.39, 0.29) is 11.7 Å². The number of aryl methyl sites for hydroxylation is 1. The van der Waals surface area contributed by atoms with Crippen LogP contribution in [0.2, 0.25) is 0 Å². The van der Waals surface area contributed by atoms with E-state index in [0.29, 0.717) is 18.5 Å². The molecule has 0 spiro atoms. The number of hydrogen-bond acceptors (Lipinski definition) is 1. The molecular formula is C20H18FNO. The minimum atomic E-state index is -0.226. The molecule has 0 bridgehead atoms. The number of halogens is 1. The smallest absolute Gasteiger partial charge is 0.224 e. The van der Waals surface area contributed by atoms with Crippen LogP contribution in [0.4, 0.5) is 4.39 Å². The van der Waals surface area contributed by atoms with Gasteiger partial charge in [-0.2, -0.15) is 0 Å². The van der Waals surface area contributed by atoms with E-state index in [1.54, 1.807) is 19.1 Å². The highest BCUT2D eigenvalue weighted by atomic mass is 19.1. The number of carbonyl (C=O) groups excluding carboxylic acids is 1. The molecule has 3 aromatic carbocycles. The summed E-state index contributed by atoms with van der Waals surface area (Å²) in [6, 6.07) is 19.0. The zero-order valence-corrected chi connectivity index (χ0v) is 13.0. The van der Waals surface area contributed by atoms with E-state index >= 15 is 0 Å². The van der Waals surface area contributed by atoms with Crippen molar-refractivity contribution in [3.8, 4) is 0 Å². The summed E-state index contributed by atoms with van der Waals surface area (Å²) in [4.78, 5) is 12.1. The molecule has 1 N–H and O–H groups in total. The number of nitrogens with one attached hydrogen (secondary N) is 1. The SMILES string of the molecule is Cc1cc(CNC(=O)Cc2ccc3ccccc3c2)ccc1F. The Labute approximate surface area is 135 Å². The van der Waals surface area contributed by atoms with E-state index in [4.69, 9.17) is 0 Å². The van der Waals surface area contributed by atoms with Crippen molar-refractivity contribution in [2.75, 3.05) is 0 Å². The van der Waals surface area contributed by atoms with Crippen LogP contribution in [-0.2, 0) is 17.8 Å². The van der Waals surface area contributed by atoms with Crippen LogP contribution in [0.25, 0.3) is 10.8 Å². The van der Waals surface area contributed by atoms with E-state index in [1.165, 1.54) is 11.5 Å². The Balaban J connectivity index is 1.62. The zero-order chi connectivity index (χ0) is 16.2. The van der Waals surface area contributed by atoms with Crippen LogP contribution >= 0.6 is 0 Å². The van der Waals surface area contributed by atoms with E-state index in [9.17, 15) is 9.18 Å². The average molecular weight is 307 g/mol. The van der Waals surface area contributed by atoms with Crippen LogP contribution < -0.4 is 5.32 Å². The standard InChI is InChI=1S/C20H18FNO/c1-14-10-16(7-9-19(14)21)13-22-20(23)12-15-6-8-17-4-2-3-5-18(17)11-15/h2-11H,12-13H2,1H3,(H,22,23). The van der Waals surface area contributed by atoms with Gasteiger partial charge in [0.1, 0.15) is 5.82 Å². The maximum Gasteiger partial charge on any atom is 0.224 e. The molecule has 3 rings (SSSR count). The molecule has 0 unspecified atom stereocenters. The second kappa shape index (κ2) is 6.61. The lowest BCUT2D eigenvalue weighted by Crippen LogP contribution is -2.24. The summed E-state index contributed by atoms with van der Waals surface area (Å²) < 4.78 is 13.2. The fourth-order valence-corrected chi connectivity index (χ4v) is 2.61. The van der Waals surface area contributed by atoms with Crippen molar-refractivity contribution in [1.29, 1.82) is 0 Å². The molecule has 0 aliphatic heterocycles. The van der Waals surface area contributed by atoms with Gasteiger partial charge in [-0.25, -0.2) is 4.39 Å². The van der Waals surface area contributed by atoms with Crippen LogP contribution in [0.5, 0.6) is 0 Å². The molecule has 1 amide bonds. The van der Waals surface area contributed by atoms with Gasteiger partial charge in [0.15, 0.2) is 0 Å². The van der Waals surface area contributed by atoms with Crippen LogP contribution in [0.15, 0.2) is 60.7 Å². The molecule has 0 aromatic heterocycles. The molecule has 0 saturated heterocycles. The van der Waals surface area contributed by atoms with Crippen molar-refractivity contribution < 1.29 is 9.18 Å². The van der Waals surface area contributed by atoms with E-state index < -0.39 is 0 Å². The molecule has 0 radical (unpaired) electrons. The summed E-state index contributed by atoms with van der Waals surface area (Å²) >= 11 is 0. The number of carbonyl (C=O) groups is 1. The topological polar surface area (TPSA) is 29.1 Å². The summed E-state index contributed by atoms with van der Waals surface area (Å²) in [5.41, 5.74) is 2.47. The van der Waals surface area contributed by atoms with Gasteiger partial charge in [-0.05, 0) is 40.5 Å².